The SMILES string of the molecule is CCCCCC(C)C(N)(N)CC. The van der Waals surface area contributed by atoms with Crippen molar-refractivity contribution in [2.45, 2.75) is 58.5 Å². The van der Waals surface area contributed by atoms with Gasteiger partial charge in [-0.15, -0.1) is 0 Å². The van der Waals surface area contributed by atoms with Gasteiger partial charge in [-0.3, -0.25) is 0 Å². The third kappa shape index (κ3) is 4.07. The summed E-state index contributed by atoms with van der Waals surface area (Å²) in [6.07, 6.45) is 5.84. The highest BCUT2D eigenvalue weighted by atomic mass is 15.0. The van der Waals surface area contributed by atoms with Gasteiger partial charge < -0.3 is 11.5 Å². The second kappa shape index (κ2) is 5.55. The van der Waals surface area contributed by atoms with Gasteiger partial charge in [0.15, 0.2) is 0 Å². The van der Waals surface area contributed by atoms with E-state index in [2.05, 4.69) is 20.8 Å². The molecule has 0 fully saturated rings. The van der Waals surface area contributed by atoms with E-state index in [4.69, 9.17) is 11.5 Å². The molecule has 0 aromatic carbocycles. The third-order valence-corrected chi connectivity index (χ3v) is 2.77. The highest BCUT2D eigenvalue weighted by molar-refractivity contribution is 4.80. The van der Waals surface area contributed by atoms with Gasteiger partial charge in [0.2, 0.25) is 0 Å². The molecule has 1 unspecified atom stereocenters. The summed E-state index contributed by atoms with van der Waals surface area (Å²) in [5.41, 5.74) is 11.4. The largest absolute Gasteiger partial charge is 0.313 e. The Morgan fingerprint density at radius 2 is 1.75 bits per heavy atom. The predicted octanol–water partition coefficient (Wildman–Crippen LogP) is 2.23. The van der Waals surface area contributed by atoms with E-state index in [0.29, 0.717) is 5.92 Å². The van der Waals surface area contributed by atoms with Gasteiger partial charge in [-0.1, -0.05) is 40.0 Å². The lowest BCUT2D eigenvalue weighted by Crippen LogP contribution is -2.54. The van der Waals surface area contributed by atoms with E-state index < -0.39 is 5.66 Å². The van der Waals surface area contributed by atoms with Crippen LogP contribution in [-0.4, -0.2) is 5.66 Å². The van der Waals surface area contributed by atoms with Crippen LogP contribution in [0.5, 0.6) is 0 Å². The van der Waals surface area contributed by atoms with Gasteiger partial charge in [0.1, 0.15) is 0 Å². The van der Waals surface area contributed by atoms with E-state index in [1.165, 1.54) is 19.3 Å². The van der Waals surface area contributed by atoms with Crippen molar-refractivity contribution in [3.8, 4) is 0 Å². The zero-order chi connectivity index (χ0) is 9.61. The van der Waals surface area contributed by atoms with Crippen LogP contribution in [0.4, 0.5) is 0 Å². The quantitative estimate of drug-likeness (QED) is 0.477. The first-order valence-corrected chi connectivity index (χ1v) is 5.12. The highest BCUT2D eigenvalue weighted by Crippen LogP contribution is 2.18. The minimum absolute atomic E-state index is 0.439. The molecule has 1 atom stereocenters. The molecule has 0 aromatic heterocycles. The molecule has 0 heterocycles. The molecule has 0 bridgehead atoms. The fourth-order valence-electron chi connectivity index (χ4n) is 1.32. The van der Waals surface area contributed by atoms with Crippen molar-refractivity contribution in [3.63, 3.8) is 0 Å². The van der Waals surface area contributed by atoms with Crippen LogP contribution in [-0.2, 0) is 0 Å². The van der Waals surface area contributed by atoms with Gasteiger partial charge in [0, 0.05) is 0 Å². The fourth-order valence-corrected chi connectivity index (χ4v) is 1.32. The summed E-state index contributed by atoms with van der Waals surface area (Å²) < 4.78 is 0. The molecule has 0 aliphatic rings. The number of hydrogen-bond acceptors (Lipinski definition) is 2. The molecule has 74 valence electrons. The Morgan fingerprint density at radius 1 is 1.17 bits per heavy atom. The van der Waals surface area contributed by atoms with Crippen LogP contribution < -0.4 is 11.5 Å². The normalized spacial score (nSPS) is 14.8. The zero-order valence-electron chi connectivity index (χ0n) is 8.77. The summed E-state index contributed by atoms with van der Waals surface area (Å²) >= 11 is 0. The van der Waals surface area contributed by atoms with E-state index in [1.54, 1.807) is 0 Å². The second-order valence-corrected chi connectivity index (χ2v) is 3.86. The molecule has 12 heavy (non-hydrogen) atoms. The summed E-state index contributed by atoms with van der Waals surface area (Å²) in [5, 5.41) is 0. The first-order valence-electron chi connectivity index (χ1n) is 5.12. The van der Waals surface area contributed by atoms with Crippen molar-refractivity contribution >= 4 is 0 Å². The number of nitrogens with two attached hydrogens (primary N) is 2. The Kier molecular flexibility index (Phi) is 5.51. The van der Waals surface area contributed by atoms with Crippen LogP contribution in [0.1, 0.15) is 52.9 Å². The summed E-state index contributed by atoms with van der Waals surface area (Å²) in [6.45, 7) is 6.41. The maximum atomic E-state index is 5.92. The molecule has 0 aliphatic heterocycles. The van der Waals surface area contributed by atoms with Crippen molar-refractivity contribution in [3.05, 3.63) is 0 Å². The van der Waals surface area contributed by atoms with Crippen LogP contribution in [0.2, 0.25) is 0 Å². The van der Waals surface area contributed by atoms with Gasteiger partial charge >= 0.3 is 0 Å². The van der Waals surface area contributed by atoms with Gasteiger partial charge in [0.25, 0.3) is 0 Å². The summed E-state index contributed by atoms with van der Waals surface area (Å²) in [6, 6.07) is 0. The van der Waals surface area contributed by atoms with Gasteiger partial charge in [-0.2, -0.15) is 0 Å². The Labute approximate surface area is 76.7 Å². The lowest BCUT2D eigenvalue weighted by Gasteiger charge is -2.30. The van der Waals surface area contributed by atoms with Crippen LogP contribution in [0.15, 0.2) is 0 Å². The molecule has 2 heteroatoms. The molecule has 0 aromatic rings. The third-order valence-electron chi connectivity index (χ3n) is 2.77. The molecule has 0 radical (unpaired) electrons. The van der Waals surface area contributed by atoms with Crippen molar-refractivity contribution in [1.82, 2.24) is 0 Å². The summed E-state index contributed by atoms with van der Waals surface area (Å²) in [7, 11) is 0. The van der Waals surface area contributed by atoms with E-state index >= 15 is 0 Å². The molecule has 0 rings (SSSR count). The maximum Gasteiger partial charge on any atom is 0.0660 e. The van der Waals surface area contributed by atoms with Gasteiger partial charge in [0.05, 0.1) is 5.66 Å². The molecule has 0 saturated carbocycles. The minimum atomic E-state index is -0.451. The van der Waals surface area contributed by atoms with E-state index in [0.717, 1.165) is 12.8 Å². The number of rotatable bonds is 6. The van der Waals surface area contributed by atoms with Crippen molar-refractivity contribution in [2.24, 2.45) is 17.4 Å². The Bertz CT molecular complexity index is 110. The lowest BCUT2D eigenvalue weighted by molar-refractivity contribution is 0.267. The first-order chi connectivity index (χ1) is 5.54. The maximum absolute atomic E-state index is 5.92. The fraction of sp³-hybridized carbons (Fsp3) is 1.00. The zero-order valence-corrected chi connectivity index (χ0v) is 8.77. The Hall–Kier alpha value is -0.0800. The molecule has 0 spiro atoms. The molecule has 4 N–H and O–H groups in total. The van der Waals surface area contributed by atoms with Crippen LogP contribution in [0, 0.1) is 5.92 Å². The van der Waals surface area contributed by atoms with Crippen LogP contribution in [0.3, 0.4) is 0 Å². The first kappa shape index (κ1) is 11.9. The molecular formula is C10H24N2. The number of unbranched alkanes of at least 4 members (excludes halogenated alkanes) is 2. The summed E-state index contributed by atoms with van der Waals surface area (Å²) in [5.74, 6) is 0.439. The van der Waals surface area contributed by atoms with Gasteiger partial charge in [-0.25, -0.2) is 0 Å². The average Bonchev–Trinajstić information content (AvgIpc) is 2.05. The molecule has 2 nitrogen and oxygen atoms in total. The van der Waals surface area contributed by atoms with Crippen molar-refractivity contribution < 1.29 is 0 Å². The molecule has 0 aliphatic carbocycles. The van der Waals surface area contributed by atoms with Crippen molar-refractivity contribution in [2.75, 3.05) is 0 Å². The number of hydrogen-bond donors (Lipinski definition) is 2. The standard InChI is InChI=1S/C10H24N2/c1-4-6-7-8-9(3)10(11,12)5-2/h9H,4-8,11-12H2,1-3H3. The van der Waals surface area contributed by atoms with Crippen molar-refractivity contribution in [1.29, 1.82) is 0 Å². The average molecular weight is 172 g/mol. The van der Waals surface area contributed by atoms with E-state index in [-0.39, 0.29) is 0 Å². The highest BCUT2D eigenvalue weighted by Gasteiger charge is 2.23. The van der Waals surface area contributed by atoms with E-state index in [9.17, 15) is 0 Å². The van der Waals surface area contributed by atoms with E-state index in [1.807, 2.05) is 0 Å². The monoisotopic (exact) mass is 172 g/mol. The molecule has 0 amide bonds. The summed E-state index contributed by atoms with van der Waals surface area (Å²) in [4.78, 5) is 0. The second-order valence-electron chi connectivity index (χ2n) is 3.86. The predicted molar refractivity (Wildman–Crippen MR) is 54.7 cm³/mol. The van der Waals surface area contributed by atoms with Crippen LogP contribution >= 0.6 is 0 Å². The lowest BCUT2D eigenvalue weighted by atomic mass is 9.89. The van der Waals surface area contributed by atoms with Gasteiger partial charge in [-0.05, 0) is 18.8 Å². The molecular weight excluding hydrogens is 148 g/mol. The Morgan fingerprint density at radius 3 is 2.17 bits per heavy atom. The Balaban J connectivity index is 3.63. The molecule has 0 saturated heterocycles. The smallest absolute Gasteiger partial charge is 0.0660 e. The minimum Gasteiger partial charge on any atom is -0.313 e. The van der Waals surface area contributed by atoms with Crippen LogP contribution in [0.25, 0.3) is 0 Å². The topological polar surface area (TPSA) is 52.0 Å².